The fraction of sp³-hybridized carbons (Fsp3) is 0.273. The highest BCUT2D eigenvalue weighted by Gasteiger charge is 2.32. The molecule has 0 bridgehead atoms. The molecule has 31 heavy (non-hydrogen) atoms. The Kier molecular flexibility index (Phi) is 5.46. The van der Waals surface area contributed by atoms with Crippen LogP contribution in [0.15, 0.2) is 54.9 Å². The van der Waals surface area contributed by atoms with Crippen molar-refractivity contribution < 1.29 is 18.5 Å². The van der Waals surface area contributed by atoms with Crippen LogP contribution in [0.4, 0.5) is 26.1 Å². The highest BCUT2D eigenvalue weighted by molar-refractivity contribution is 5.59. The topological polar surface area (TPSA) is 71.5 Å². The molecule has 1 aromatic heterocycles. The van der Waals surface area contributed by atoms with Crippen LogP contribution >= 0.6 is 0 Å². The van der Waals surface area contributed by atoms with E-state index in [2.05, 4.69) is 20.8 Å². The van der Waals surface area contributed by atoms with E-state index in [-0.39, 0.29) is 11.6 Å². The van der Waals surface area contributed by atoms with Crippen molar-refractivity contribution in [2.24, 2.45) is 0 Å². The maximum Gasteiger partial charge on any atom is 0.164 e. The van der Waals surface area contributed by atoms with Gasteiger partial charge in [0.05, 0.1) is 25.3 Å². The summed E-state index contributed by atoms with van der Waals surface area (Å²) in [5.74, 6) is -0.712. The molecular formula is C22H21F2N5O2. The molecule has 2 aromatic carbocycles. The quantitative estimate of drug-likeness (QED) is 0.630. The SMILES string of the molecule is Fc1cccc([C@H]2CCON2c2cc(Nc3ccc([C@@H]4CCON4)cc3)ncn2)c1F. The fourth-order valence-corrected chi connectivity index (χ4v) is 3.87. The molecule has 5 rings (SSSR count). The van der Waals surface area contributed by atoms with Crippen molar-refractivity contribution in [3.05, 3.63) is 77.6 Å². The molecule has 0 saturated carbocycles. The average molecular weight is 425 g/mol. The molecule has 0 amide bonds. The van der Waals surface area contributed by atoms with E-state index in [0.717, 1.165) is 23.7 Å². The van der Waals surface area contributed by atoms with E-state index in [1.807, 2.05) is 24.3 Å². The van der Waals surface area contributed by atoms with Gasteiger partial charge in [-0.3, -0.25) is 4.84 Å². The molecule has 2 N–H and O–H groups in total. The van der Waals surface area contributed by atoms with Gasteiger partial charge in [0, 0.05) is 23.7 Å². The van der Waals surface area contributed by atoms with Gasteiger partial charge in [-0.2, -0.15) is 5.48 Å². The standard InChI is InChI=1S/C22H21F2N5O2/c23-17-3-1-2-16(22(17)24)19-9-11-31-29(19)21-12-20(25-13-26-21)27-15-6-4-14(5-7-15)18-8-10-30-28-18/h1-7,12-13,18-19,28H,8-11H2,(H,25,26,27)/t18-,19+/m0/s1. The second kappa shape index (κ2) is 8.54. The van der Waals surface area contributed by atoms with E-state index < -0.39 is 17.7 Å². The van der Waals surface area contributed by atoms with Crippen molar-refractivity contribution >= 4 is 17.3 Å². The molecule has 0 unspecified atom stereocenters. The van der Waals surface area contributed by atoms with Crippen molar-refractivity contribution in [3.8, 4) is 0 Å². The van der Waals surface area contributed by atoms with Crippen LogP contribution < -0.4 is 15.9 Å². The first kappa shape index (κ1) is 19.8. The minimum absolute atomic E-state index is 0.201. The number of nitrogens with one attached hydrogen (secondary N) is 2. The number of hydrogen-bond donors (Lipinski definition) is 2. The Hall–Kier alpha value is -3.14. The van der Waals surface area contributed by atoms with Gasteiger partial charge in [0.2, 0.25) is 0 Å². The van der Waals surface area contributed by atoms with E-state index in [1.54, 1.807) is 12.1 Å². The number of benzene rings is 2. The molecule has 2 saturated heterocycles. The maximum atomic E-state index is 14.3. The molecule has 0 aliphatic carbocycles. The third-order valence-electron chi connectivity index (χ3n) is 5.44. The summed E-state index contributed by atoms with van der Waals surface area (Å²) in [6.45, 7) is 1.08. The van der Waals surface area contributed by atoms with Gasteiger partial charge < -0.3 is 10.2 Å². The van der Waals surface area contributed by atoms with E-state index in [4.69, 9.17) is 9.68 Å². The van der Waals surface area contributed by atoms with Gasteiger partial charge in [0.15, 0.2) is 17.5 Å². The highest BCUT2D eigenvalue weighted by atomic mass is 19.2. The summed E-state index contributed by atoms with van der Waals surface area (Å²) in [7, 11) is 0. The van der Waals surface area contributed by atoms with Gasteiger partial charge in [-0.05, 0) is 30.2 Å². The van der Waals surface area contributed by atoms with Crippen molar-refractivity contribution in [2.75, 3.05) is 23.6 Å². The number of hydroxylamine groups is 2. The van der Waals surface area contributed by atoms with Crippen molar-refractivity contribution in [1.82, 2.24) is 15.4 Å². The molecule has 7 nitrogen and oxygen atoms in total. The number of anilines is 3. The first-order valence-corrected chi connectivity index (χ1v) is 10.1. The molecule has 3 heterocycles. The summed E-state index contributed by atoms with van der Waals surface area (Å²) in [6, 6.07) is 13.6. The Balaban J connectivity index is 1.34. The van der Waals surface area contributed by atoms with Crippen LogP contribution in [0.3, 0.4) is 0 Å². The van der Waals surface area contributed by atoms with Crippen molar-refractivity contribution in [1.29, 1.82) is 0 Å². The lowest BCUT2D eigenvalue weighted by molar-refractivity contribution is 0.0883. The highest BCUT2D eigenvalue weighted by Crippen LogP contribution is 2.36. The molecule has 160 valence electrons. The smallest absolute Gasteiger partial charge is 0.164 e. The number of hydrogen-bond acceptors (Lipinski definition) is 7. The Bertz CT molecular complexity index is 1060. The number of halogens is 2. The van der Waals surface area contributed by atoms with Crippen LogP contribution in [0, 0.1) is 11.6 Å². The molecule has 0 radical (unpaired) electrons. The van der Waals surface area contributed by atoms with Gasteiger partial charge in [-0.15, -0.1) is 0 Å². The zero-order chi connectivity index (χ0) is 21.2. The molecule has 2 aliphatic heterocycles. The van der Waals surface area contributed by atoms with Crippen LogP contribution in [-0.2, 0) is 9.68 Å². The fourth-order valence-electron chi connectivity index (χ4n) is 3.87. The van der Waals surface area contributed by atoms with Crippen LogP contribution in [0.5, 0.6) is 0 Å². The monoisotopic (exact) mass is 425 g/mol. The second-order valence-corrected chi connectivity index (χ2v) is 7.42. The van der Waals surface area contributed by atoms with Gasteiger partial charge in [-0.1, -0.05) is 24.3 Å². The summed E-state index contributed by atoms with van der Waals surface area (Å²) >= 11 is 0. The van der Waals surface area contributed by atoms with E-state index in [9.17, 15) is 8.78 Å². The zero-order valence-electron chi connectivity index (χ0n) is 16.6. The van der Waals surface area contributed by atoms with Crippen LogP contribution in [0.2, 0.25) is 0 Å². The van der Waals surface area contributed by atoms with Gasteiger partial charge in [-0.25, -0.2) is 23.8 Å². The molecular weight excluding hydrogens is 404 g/mol. The molecule has 3 aromatic rings. The molecule has 2 aliphatic rings. The summed E-state index contributed by atoms with van der Waals surface area (Å²) in [5.41, 5.74) is 5.25. The van der Waals surface area contributed by atoms with Gasteiger partial charge >= 0.3 is 0 Å². The summed E-state index contributed by atoms with van der Waals surface area (Å²) in [4.78, 5) is 19.4. The lowest BCUT2D eigenvalue weighted by atomic mass is 10.0. The van der Waals surface area contributed by atoms with E-state index in [1.165, 1.54) is 17.5 Å². The molecule has 2 fully saturated rings. The van der Waals surface area contributed by atoms with Crippen LogP contribution in [-0.4, -0.2) is 23.2 Å². The van der Waals surface area contributed by atoms with E-state index in [0.29, 0.717) is 31.3 Å². The number of aromatic nitrogens is 2. The minimum atomic E-state index is -0.878. The summed E-state index contributed by atoms with van der Waals surface area (Å²) in [5, 5.41) is 4.76. The minimum Gasteiger partial charge on any atom is -0.340 e. The Morgan fingerprint density at radius 1 is 1.03 bits per heavy atom. The predicted octanol–water partition coefficient (Wildman–Crippen LogP) is 4.35. The maximum absolute atomic E-state index is 14.3. The number of rotatable bonds is 5. The molecule has 2 atom stereocenters. The van der Waals surface area contributed by atoms with Crippen molar-refractivity contribution in [3.63, 3.8) is 0 Å². The molecule has 9 heteroatoms. The first-order chi connectivity index (χ1) is 15.2. The third kappa shape index (κ3) is 4.07. The van der Waals surface area contributed by atoms with Crippen LogP contribution in [0.1, 0.15) is 36.1 Å². The number of nitrogens with zero attached hydrogens (tertiary/aromatic N) is 3. The first-order valence-electron chi connectivity index (χ1n) is 10.1. The Morgan fingerprint density at radius 3 is 2.71 bits per heavy atom. The second-order valence-electron chi connectivity index (χ2n) is 7.42. The predicted molar refractivity (Wildman–Crippen MR) is 110 cm³/mol. The average Bonchev–Trinajstić information content (AvgIpc) is 3.49. The summed E-state index contributed by atoms with van der Waals surface area (Å²) in [6.07, 6.45) is 2.87. The lowest BCUT2D eigenvalue weighted by Gasteiger charge is -2.24. The van der Waals surface area contributed by atoms with Crippen LogP contribution in [0.25, 0.3) is 0 Å². The Labute approximate surface area is 177 Å². The molecule has 0 spiro atoms. The van der Waals surface area contributed by atoms with Gasteiger partial charge in [0.1, 0.15) is 12.1 Å². The third-order valence-corrected chi connectivity index (χ3v) is 5.44. The zero-order valence-corrected chi connectivity index (χ0v) is 16.6. The largest absolute Gasteiger partial charge is 0.340 e. The van der Waals surface area contributed by atoms with E-state index >= 15 is 0 Å². The van der Waals surface area contributed by atoms with Crippen molar-refractivity contribution in [2.45, 2.75) is 24.9 Å². The summed E-state index contributed by atoms with van der Waals surface area (Å²) < 4.78 is 28.1. The normalized spacial score (nSPS) is 20.9. The Morgan fingerprint density at radius 2 is 1.90 bits per heavy atom. The lowest BCUT2D eigenvalue weighted by Crippen LogP contribution is -2.23. The van der Waals surface area contributed by atoms with Gasteiger partial charge in [0.25, 0.3) is 0 Å².